The number of hydrogen-bond donors (Lipinski definition) is 0. The molecule has 1 fully saturated rings. The van der Waals surface area contributed by atoms with E-state index in [0.717, 1.165) is 44.2 Å². The first kappa shape index (κ1) is 19.6. The second kappa shape index (κ2) is 7.47. The van der Waals surface area contributed by atoms with E-state index < -0.39 is 7.33 Å². The molecule has 0 atom stereocenters. The van der Waals surface area contributed by atoms with Crippen LogP contribution < -0.4 is 8.83 Å². The topological polar surface area (TPSA) is 6.48 Å². The Labute approximate surface area is 185 Å². The molecule has 3 rings (SSSR count). The molecule has 0 bridgehead atoms. The fourth-order valence-electron chi connectivity index (χ4n) is 1.85. The van der Waals surface area contributed by atoms with Crippen LogP contribution in [0.1, 0.15) is 0 Å². The van der Waals surface area contributed by atoms with Gasteiger partial charge in [0.15, 0.2) is 0 Å². The van der Waals surface area contributed by atoms with Crippen molar-refractivity contribution >= 4 is 114 Å². The normalized spacial score (nSPS) is 19.4. The van der Waals surface area contributed by atoms with Crippen LogP contribution in [0, 0.1) is 0 Å². The monoisotopic (exact) mass is 566 g/mol. The lowest BCUT2D eigenvalue weighted by molar-refractivity contribution is 1.04. The van der Waals surface area contributed by atoms with Crippen LogP contribution in [0.15, 0.2) is 57.5 Å². The number of hydrazine groups is 1. The Kier molecular flexibility index (Phi) is 6.10. The SMILES string of the molecule is ClC1(Cl)SN(c2ccc(Br)cc2)N(c2ccc(Br)cc2)SC1(Cl)Cl. The lowest BCUT2D eigenvalue weighted by Gasteiger charge is -2.48. The minimum Gasteiger partial charge on any atom is -0.214 e. The second-order valence-electron chi connectivity index (χ2n) is 4.71. The zero-order valence-corrected chi connectivity index (χ0v) is 19.4. The molecule has 10 heteroatoms. The van der Waals surface area contributed by atoms with Crippen molar-refractivity contribution in [1.29, 1.82) is 0 Å². The van der Waals surface area contributed by atoms with E-state index in [1.807, 2.05) is 57.4 Å². The number of rotatable bonds is 2. The number of alkyl halides is 4. The van der Waals surface area contributed by atoms with Crippen molar-refractivity contribution in [3.05, 3.63) is 57.5 Å². The average molecular weight is 570 g/mol. The minimum atomic E-state index is -1.43. The Balaban J connectivity index is 2.03. The maximum atomic E-state index is 6.38. The highest BCUT2D eigenvalue weighted by Crippen LogP contribution is 2.63. The van der Waals surface area contributed by atoms with E-state index in [1.54, 1.807) is 0 Å². The zero-order chi connectivity index (χ0) is 17.5. The molecule has 1 aliphatic rings. The highest BCUT2D eigenvalue weighted by molar-refractivity contribution is 9.10. The zero-order valence-electron chi connectivity index (χ0n) is 11.6. The van der Waals surface area contributed by atoms with E-state index in [2.05, 4.69) is 31.9 Å². The molecule has 0 spiro atoms. The van der Waals surface area contributed by atoms with Crippen LogP contribution in [-0.4, -0.2) is 7.33 Å². The molecule has 2 nitrogen and oxygen atoms in total. The van der Waals surface area contributed by atoms with Crippen molar-refractivity contribution in [2.45, 2.75) is 7.33 Å². The predicted octanol–water partition coefficient (Wildman–Crippen LogP) is 8.01. The molecule has 0 aliphatic carbocycles. The van der Waals surface area contributed by atoms with Crippen molar-refractivity contribution < 1.29 is 0 Å². The molecule has 0 aromatic heterocycles. The third-order valence-electron chi connectivity index (χ3n) is 3.00. The minimum absolute atomic E-state index is 0.883. The third-order valence-corrected chi connectivity index (χ3v) is 9.25. The smallest absolute Gasteiger partial charge is 0.214 e. The van der Waals surface area contributed by atoms with Gasteiger partial charge in [-0.1, -0.05) is 78.3 Å². The third kappa shape index (κ3) is 4.06. The summed E-state index contributed by atoms with van der Waals surface area (Å²) in [6, 6.07) is 15.5. The Hall–Kier alpha value is 0.860. The molecule has 0 unspecified atom stereocenters. The van der Waals surface area contributed by atoms with Gasteiger partial charge in [0.05, 0.1) is 11.4 Å². The molecule has 0 radical (unpaired) electrons. The van der Waals surface area contributed by atoms with E-state index in [1.165, 1.54) is 0 Å². The molecular formula is C14H8Br2Cl4N2S2. The van der Waals surface area contributed by atoms with Crippen LogP contribution in [0.25, 0.3) is 0 Å². The Morgan fingerprint density at radius 1 is 0.625 bits per heavy atom. The van der Waals surface area contributed by atoms with E-state index in [-0.39, 0.29) is 0 Å². The summed E-state index contributed by atoms with van der Waals surface area (Å²) in [6.07, 6.45) is 0. The van der Waals surface area contributed by atoms with Crippen molar-refractivity contribution in [2.75, 3.05) is 8.83 Å². The molecular weight excluding hydrogens is 562 g/mol. The van der Waals surface area contributed by atoms with Crippen molar-refractivity contribution in [3.8, 4) is 0 Å². The fraction of sp³-hybridized carbons (Fsp3) is 0.143. The Bertz CT molecular complexity index is 665. The van der Waals surface area contributed by atoms with Crippen LogP contribution in [-0.2, 0) is 0 Å². The maximum absolute atomic E-state index is 6.38. The van der Waals surface area contributed by atoms with Gasteiger partial charge in [0, 0.05) is 32.8 Å². The number of halogens is 6. The molecule has 2 aromatic carbocycles. The van der Waals surface area contributed by atoms with E-state index in [9.17, 15) is 0 Å². The summed E-state index contributed by atoms with van der Waals surface area (Å²) in [5.74, 6) is 0. The van der Waals surface area contributed by atoms with Gasteiger partial charge in [-0.25, -0.2) is 8.83 Å². The average Bonchev–Trinajstić information content (AvgIpc) is 2.51. The largest absolute Gasteiger partial charge is 0.227 e. The quantitative estimate of drug-likeness (QED) is 0.267. The summed E-state index contributed by atoms with van der Waals surface area (Å²) < 4.78 is 2.82. The standard InChI is InChI=1S/C14H8Br2Cl4N2S2/c15-9-1-5-11(6-2-9)21-22(12-7-3-10(16)4-8-12)24-14(19,20)13(17,18)23-21/h1-8H. The molecule has 1 aliphatic heterocycles. The van der Waals surface area contributed by atoms with Crippen molar-refractivity contribution in [2.24, 2.45) is 0 Å². The van der Waals surface area contributed by atoms with Crippen LogP contribution in [0.5, 0.6) is 0 Å². The first-order valence-electron chi connectivity index (χ1n) is 6.45. The molecule has 24 heavy (non-hydrogen) atoms. The van der Waals surface area contributed by atoms with Gasteiger partial charge in [-0.2, -0.15) is 0 Å². The lowest BCUT2D eigenvalue weighted by Crippen LogP contribution is -2.49. The van der Waals surface area contributed by atoms with Gasteiger partial charge in [0.25, 0.3) is 0 Å². The van der Waals surface area contributed by atoms with Crippen LogP contribution in [0.2, 0.25) is 0 Å². The van der Waals surface area contributed by atoms with Gasteiger partial charge in [-0.15, -0.1) is 0 Å². The number of benzene rings is 2. The highest BCUT2D eigenvalue weighted by atomic mass is 79.9. The second-order valence-corrected chi connectivity index (χ2v) is 12.4. The molecule has 0 amide bonds. The van der Waals surface area contributed by atoms with Gasteiger partial charge >= 0.3 is 0 Å². The number of hydrogen-bond acceptors (Lipinski definition) is 4. The Morgan fingerprint density at radius 3 is 1.21 bits per heavy atom. The summed E-state index contributed by atoms with van der Waals surface area (Å²) in [5.41, 5.74) is 1.77. The van der Waals surface area contributed by atoms with Crippen LogP contribution in [0.3, 0.4) is 0 Å². The van der Waals surface area contributed by atoms with Gasteiger partial charge < -0.3 is 0 Å². The lowest BCUT2D eigenvalue weighted by atomic mass is 10.3. The van der Waals surface area contributed by atoms with Crippen LogP contribution in [0.4, 0.5) is 11.4 Å². The highest BCUT2D eigenvalue weighted by Gasteiger charge is 2.57. The first-order chi connectivity index (χ1) is 11.2. The van der Waals surface area contributed by atoms with E-state index in [4.69, 9.17) is 46.4 Å². The van der Waals surface area contributed by atoms with E-state index in [0.29, 0.717) is 0 Å². The molecule has 0 N–H and O–H groups in total. The summed E-state index contributed by atoms with van der Waals surface area (Å²) in [5, 5.41) is 0. The Morgan fingerprint density at radius 2 is 0.917 bits per heavy atom. The summed E-state index contributed by atoms with van der Waals surface area (Å²) in [6.45, 7) is 0. The maximum Gasteiger partial charge on any atom is 0.227 e. The molecule has 1 heterocycles. The molecule has 2 aromatic rings. The van der Waals surface area contributed by atoms with Crippen molar-refractivity contribution in [1.82, 2.24) is 0 Å². The molecule has 1 saturated heterocycles. The van der Waals surface area contributed by atoms with Gasteiger partial charge in [0.1, 0.15) is 0 Å². The molecule has 128 valence electrons. The van der Waals surface area contributed by atoms with Crippen LogP contribution >= 0.6 is 102 Å². The fourth-order valence-corrected chi connectivity index (χ4v) is 5.44. The number of nitrogens with zero attached hydrogens (tertiary/aromatic N) is 2. The van der Waals surface area contributed by atoms with Gasteiger partial charge in [-0.3, -0.25) is 0 Å². The van der Waals surface area contributed by atoms with Gasteiger partial charge in [-0.05, 0) is 48.5 Å². The summed E-state index contributed by atoms with van der Waals surface area (Å²) >= 11 is 34.7. The number of anilines is 2. The van der Waals surface area contributed by atoms with E-state index >= 15 is 0 Å². The predicted molar refractivity (Wildman–Crippen MR) is 117 cm³/mol. The first-order valence-corrected chi connectivity index (χ1v) is 11.1. The molecule has 0 saturated carbocycles. The van der Waals surface area contributed by atoms with Gasteiger partial charge in [0.2, 0.25) is 7.33 Å². The summed E-state index contributed by atoms with van der Waals surface area (Å²) in [7, 11) is 0. The summed E-state index contributed by atoms with van der Waals surface area (Å²) in [4.78, 5) is 0. The van der Waals surface area contributed by atoms with Crippen molar-refractivity contribution in [3.63, 3.8) is 0 Å².